The number of aromatic nitrogens is 3. The third-order valence-corrected chi connectivity index (χ3v) is 4.48. The van der Waals surface area contributed by atoms with Crippen molar-refractivity contribution in [3.05, 3.63) is 60.5 Å². The molecule has 1 aromatic carbocycles. The van der Waals surface area contributed by atoms with Crippen LogP contribution in [0.15, 0.2) is 53.5 Å². The van der Waals surface area contributed by atoms with Crippen molar-refractivity contribution in [2.45, 2.75) is 6.92 Å². The minimum Gasteiger partial charge on any atom is -0.444 e. The predicted molar refractivity (Wildman–Crippen MR) is 96.8 cm³/mol. The number of amides is 1. The van der Waals surface area contributed by atoms with Gasteiger partial charge in [0.25, 0.3) is 5.91 Å². The van der Waals surface area contributed by atoms with Gasteiger partial charge in [0.2, 0.25) is 0 Å². The van der Waals surface area contributed by atoms with E-state index in [2.05, 4.69) is 19.9 Å². The van der Waals surface area contributed by atoms with Crippen LogP contribution in [0.5, 0.6) is 0 Å². The summed E-state index contributed by atoms with van der Waals surface area (Å²) in [5.74, 6) is 2.36. The highest BCUT2D eigenvalue weighted by Crippen LogP contribution is 2.21. The van der Waals surface area contributed by atoms with Gasteiger partial charge in [-0.25, -0.2) is 15.0 Å². The number of benzene rings is 1. The monoisotopic (exact) mass is 349 g/mol. The van der Waals surface area contributed by atoms with E-state index in [1.807, 2.05) is 42.2 Å². The molecule has 1 aliphatic rings. The normalized spacial score (nSPS) is 14.5. The molecule has 4 rings (SSSR count). The zero-order valence-corrected chi connectivity index (χ0v) is 14.5. The Balaban J connectivity index is 1.45. The number of aryl methyl sites for hydroxylation is 1. The molecule has 26 heavy (non-hydrogen) atoms. The van der Waals surface area contributed by atoms with Gasteiger partial charge in [0, 0.05) is 43.5 Å². The lowest BCUT2D eigenvalue weighted by Gasteiger charge is -2.35. The minimum atomic E-state index is 0.0323. The van der Waals surface area contributed by atoms with Crippen molar-refractivity contribution in [2.24, 2.45) is 0 Å². The summed E-state index contributed by atoms with van der Waals surface area (Å²) in [5, 5.41) is 0. The fourth-order valence-corrected chi connectivity index (χ4v) is 3.10. The summed E-state index contributed by atoms with van der Waals surface area (Å²) in [4.78, 5) is 29.4. The average molecular weight is 349 g/mol. The first-order valence-corrected chi connectivity index (χ1v) is 8.53. The largest absolute Gasteiger partial charge is 0.444 e. The molecular formula is C19H19N5O2. The molecule has 0 saturated carbocycles. The SMILES string of the molecule is Cc1nccc(N2CCN(C(=O)c3cccc(-c4cnco4)c3)CC2)n1. The van der Waals surface area contributed by atoms with Crippen LogP contribution in [0.1, 0.15) is 16.2 Å². The van der Waals surface area contributed by atoms with Crippen LogP contribution in [0.25, 0.3) is 11.3 Å². The van der Waals surface area contributed by atoms with Crippen LogP contribution in [-0.4, -0.2) is 51.9 Å². The molecule has 0 unspecified atom stereocenters. The van der Waals surface area contributed by atoms with Gasteiger partial charge in [-0.2, -0.15) is 0 Å². The second-order valence-corrected chi connectivity index (χ2v) is 6.19. The number of anilines is 1. The molecule has 0 atom stereocenters. The summed E-state index contributed by atoms with van der Waals surface area (Å²) in [6, 6.07) is 9.37. The van der Waals surface area contributed by atoms with Gasteiger partial charge in [-0.05, 0) is 25.1 Å². The lowest BCUT2D eigenvalue weighted by Crippen LogP contribution is -2.49. The van der Waals surface area contributed by atoms with Gasteiger partial charge in [0.1, 0.15) is 11.6 Å². The molecule has 3 aromatic rings. The van der Waals surface area contributed by atoms with Crippen molar-refractivity contribution in [3.8, 4) is 11.3 Å². The van der Waals surface area contributed by atoms with E-state index in [1.165, 1.54) is 6.39 Å². The van der Waals surface area contributed by atoms with Gasteiger partial charge in [-0.15, -0.1) is 0 Å². The van der Waals surface area contributed by atoms with E-state index in [9.17, 15) is 4.79 Å². The average Bonchev–Trinajstić information content (AvgIpc) is 3.23. The van der Waals surface area contributed by atoms with Crippen LogP contribution in [0, 0.1) is 6.92 Å². The molecule has 1 saturated heterocycles. The Morgan fingerprint density at radius 1 is 1.15 bits per heavy atom. The van der Waals surface area contributed by atoms with Gasteiger partial charge in [0.05, 0.1) is 6.20 Å². The molecule has 3 heterocycles. The van der Waals surface area contributed by atoms with E-state index in [4.69, 9.17) is 4.42 Å². The fraction of sp³-hybridized carbons (Fsp3) is 0.263. The second-order valence-electron chi connectivity index (χ2n) is 6.19. The maximum atomic E-state index is 12.9. The van der Waals surface area contributed by atoms with E-state index < -0.39 is 0 Å². The molecule has 0 radical (unpaired) electrons. The summed E-state index contributed by atoms with van der Waals surface area (Å²) in [6.45, 7) is 4.71. The molecule has 1 fully saturated rings. The van der Waals surface area contributed by atoms with Crippen LogP contribution in [-0.2, 0) is 0 Å². The van der Waals surface area contributed by atoms with Gasteiger partial charge < -0.3 is 14.2 Å². The summed E-state index contributed by atoms with van der Waals surface area (Å²) in [6.07, 6.45) is 4.80. The van der Waals surface area contributed by atoms with Crippen molar-refractivity contribution in [1.82, 2.24) is 19.9 Å². The van der Waals surface area contributed by atoms with Crippen molar-refractivity contribution >= 4 is 11.7 Å². The number of oxazole rings is 1. The Hall–Kier alpha value is -3.22. The Morgan fingerprint density at radius 3 is 2.73 bits per heavy atom. The molecule has 1 aliphatic heterocycles. The number of nitrogens with zero attached hydrogens (tertiary/aromatic N) is 5. The zero-order valence-electron chi connectivity index (χ0n) is 14.5. The smallest absolute Gasteiger partial charge is 0.253 e. The molecule has 2 aromatic heterocycles. The van der Waals surface area contributed by atoms with E-state index in [-0.39, 0.29) is 5.91 Å². The summed E-state index contributed by atoms with van der Waals surface area (Å²) < 4.78 is 5.32. The number of hydrogen-bond donors (Lipinski definition) is 0. The van der Waals surface area contributed by atoms with Gasteiger partial charge >= 0.3 is 0 Å². The first-order chi connectivity index (χ1) is 12.7. The van der Waals surface area contributed by atoms with Crippen LogP contribution in [0.2, 0.25) is 0 Å². The number of piperazine rings is 1. The Bertz CT molecular complexity index is 902. The quantitative estimate of drug-likeness (QED) is 0.723. The Morgan fingerprint density at radius 2 is 2.00 bits per heavy atom. The maximum absolute atomic E-state index is 12.9. The zero-order chi connectivity index (χ0) is 17.9. The van der Waals surface area contributed by atoms with Crippen LogP contribution < -0.4 is 4.90 Å². The molecule has 0 spiro atoms. The van der Waals surface area contributed by atoms with Crippen LogP contribution >= 0.6 is 0 Å². The highest BCUT2D eigenvalue weighted by atomic mass is 16.3. The maximum Gasteiger partial charge on any atom is 0.253 e. The molecule has 132 valence electrons. The Labute approximate surface area is 151 Å². The van der Waals surface area contributed by atoms with E-state index >= 15 is 0 Å². The molecule has 1 amide bonds. The Kier molecular flexibility index (Phi) is 4.35. The lowest BCUT2D eigenvalue weighted by atomic mass is 10.1. The number of carbonyl (C=O) groups excluding carboxylic acids is 1. The topological polar surface area (TPSA) is 75.4 Å². The first-order valence-electron chi connectivity index (χ1n) is 8.53. The molecule has 0 bridgehead atoms. The minimum absolute atomic E-state index is 0.0323. The molecule has 7 heteroatoms. The van der Waals surface area contributed by atoms with E-state index in [1.54, 1.807) is 12.4 Å². The molecule has 0 aliphatic carbocycles. The number of hydrogen-bond acceptors (Lipinski definition) is 6. The first kappa shape index (κ1) is 16.3. The molecule has 7 nitrogen and oxygen atoms in total. The standard InChI is InChI=1S/C19H19N5O2/c1-14-21-6-5-18(22-14)23-7-9-24(10-8-23)19(25)16-4-2-3-15(11-16)17-12-20-13-26-17/h2-6,11-13H,7-10H2,1H3. The summed E-state index contributed by atoms with van der Waals surface area (Å²) in [5.41, 5.74) is 1.51. The third kappa shape index (κ3) is 3.28. The summed E-state index contributed by atoms with van der Waals surface area (Å²) in [7, 11) is 0. The van der Waals surface area contributed by atoms with Crippen molar-refractivity contribution in [2.75, 3.05) is 31.1 Å². The van der Waals surface area contributed by atoms with Gasteiger partial charge in [-0.3, -0.25) is 4.79 Å². The van der Waals surface area contributed by atoms with Crippen LogP contribution in [0.4, 0.5) is 5.82 Å². The highest BCUT2D eigenvalue weighted by molar-refractivity contribution is 5.95. The number of carbonyl (C=O) groups is 1. The van der Waals surface area contributed by atoms with E-state index in [0.717, 1.165) is 30.3 Å². The van der Waals surface area contributed by atoms with Gasteiger partial charge in [-0.1, -0.05) is 12.1 Å². The van der Waals surface area contributed by atoms with Crippen molar-refractivity contribution in [3.63, 3.8) is 0 Å². The molecular weight excluding hydrogens is 330 g/mol. The van der Waals surface area contributed by atoms with Crippen molar-refractivity contribution in [1.29, 1.82) is 0 Å². The number of rotatable bonds is 3. The van der Waals surface area contributed by atoms with Crippen LogP contribution in [0.3, 0.4) is 0 Å². The predicted octanol–water partition coefficient (Wildman–Crippen LogP) is 2.40. The second kappa shape index (κ2) is 6.95. The molecule has 0 N–H and O–H groups in total. The summed E-state index contributed by atoms with van der Waals surface area (Å²) >= 11 is 0. The van der Waals surface area contributed by atoms with Gasteiger partial charge in [0.15, 0.2) is 12.2 Å². The third-order valence-electron chi connectivity index (χ3n) is 4.48. The van der Waals surface area contributed by atoms with E-state index in [0.29, 0.717) is 24.4 Å². The highest BCUT2D eigenvalue weighted by Gasteiger charge is 2.23. The fourth-order valence-electron chi connectivity index (χ4n) is 3.10. The van der Waals surface area contributed by atoms with Crippen molar-refractivity contribution < 1.29 is 9.21 Å². The lowest BCUT2D eigenvalue weighted by molar-refractivity contribution is 0.0746.